The van der Waals surface area contributed by atoms with Crippen LogP contribution in [0.25, 0.3) is 0 Å². The van der Waals surface area contributed by atoms with Gasteiger partial charge in [0, 0.05) is 29.5 Å². The molecule has 2 bridgehead atoms. The second-order valence-electron chi connectivity index (χ2n) is 9.71. The lowest BCUT2D eigenvalue weighted by atomic mass is 9.47. The van der Waals surface area contributed by atoms with Crippen LogP contribution in [0.15, 0.2) is 12.1 Å². The Labute approximate surface area is 173 Å². The van der Waals surface area contributed by atoms with Crippen molar-refractivity contribution in [2.24, 2.45) is 23.7 Å². The number of likely N-dealkylation sites (tertiary alicyclic amines) is 1. The Hall–Kier alpha value is -1.26. The van der Waals surface area contributed by atoms with Crippen LogP contribution < -0.4 is 9.47 Å². The minimum Gasteiger partial charge on any atom is -0.493 e. The minimum atomic E-state index is -0.315. The first kappa shape index (κ1) is 18.7. The van der Waals surface area contributed by atoms with E-state index in [-0.39, 0.29) is 29.8 Å². The Morgan fingerprint density at radius 2 is 2.07 bits per heavy atom. The van der Waals surface area contributed by atoms with Crippen molar-refractivity contribution < 1.29 is 14.3 Å². The fourth-order valence-electron chi connectivity index (χ4n) is 7.03. The fraction of sp³-hybridized carbons (Fsp3) is 0.696. The number of Topliss-reactive ketones (excluding diaryl/α,β-unsaturated/α-hetero) is 1. The summed E-state index contributed by atoms with van der Waals surface area (Å²) in [5.74, 6) is 3.84. The molecule has 28 heavy (non-hydrogen) atoms. The quantitative estimate of drug-likeness (QED) is 0.772. The predicted octanol–water partition coefficient (Wildman–Crippen LogP) is 3.63. The highest BCUT2D eigenvalue weighted by atomic mass is 35.5. The van der Waals surface area contributed by atoms with Crippen LogP contribution in [0.4, 0.5) is 0 Å². The van der Waals surface area contributed by atoms with Gasteiger partial charge in [0.2, 0.25) is 0 Å². The van der Waals surface area contributed by atoms with Gasteiger partial charge in [0.25, 0.3) is 0 Å². The smallest absolute Gasteiger partial charge is 0.177 e. The second-order valence-corrected chi connectivity index (χ2v) is 9.71. The van der Waals surface area contributed by atoms with E-state index in [9.17, 15) is 4.79 Å². The molecule has 4 nitrogen and oxygen atoms in total. The molecule has 5 aliphatic rings. The second kappa shape index (κ2) is 6.12. The molecule has 3 aliphatic carbocycles. The Balaban J connectivity index is 0.00000171. The van der Waals surface area contributed by atoms with E-state index >= 15 is 0 Å². The normalized spacial score (nSPS) is 40.4. The van der Waals surface area contributed by atoms with Gasteiger partial charge in [-0.05, 0) is 61.6 Å². The maximum Gasteiger partial charge on any atom is 0.177 e. The lowest BCUT2D eigenvalue weighted by Crippen LogP contribution is -2.69. The molecule has 5 heteroatoms. The van der Waals surface area contributed by atoms with Crippen LogP contribution in [0.2, 0.25) is 0 Å². The van der Waals surface area contributed by atoms with Crippen molar-refractivity contribution in [2.75, 3.05) is 20.2 Å². The third-order valence-electron chi connectivity index (χ3n) is 8.57. The molecule has 2 heterocycles. The van der Waals surface area contributed by atoms with Gasteiger partial charge >= 0.3 is 0 Å². The summed E-state index contributed by atoms with van der Waals surface area (Å²) in [5, 5.41) is 0. The molecule has 6 atom stereocenters. The number of ketones is 1. The molecule has 1 saturated heterocycles. The van der Waals surface area contributed by atoms with Crippen LogP contribution in [0, 0.1) is 23.7 Å². The van der Waals surface area contributed by atoms with E-state index in [2.05, 4.69) is 24.8 Å². The molecule has 0 aromatic heterocycles. The number of carbonyl (C=O) groups excluding carboxylic acids is 1. The van der Waals surface area contributed by atoms with Gasteiger partial charge in [-0.15, -0.1) is 12.4 Å². The van der Waals surface area contributed by atoms with Crippen molar-refractivity contribution >= 4 is 18.2 Å². The van der Waals surface area contributed by atoms with Gasteiger partial charge < -0.3 is 9.47 Å². The van der Waals surface area contributed by atoms with E-state index in [1.807, 2.05) is 6.07 Å². The highest BCUT2D eigenvalue weighted by Crippen LogP contribution is 2.65. The minimum absolute atomic E-state index is 0. The van der Waals surface area contributed by atoms with E-state index in [0.29, 0.717) is 23.7 Å². The third kappa shape index (κ3) is 2.14. The number of halogens is 1. The van der Waals surface area contributed by atoms with E-state index in [1.165, 1.54) is 30.5 Å². The SMILES string of the molecule is COc1ccc2c3c1OC1C(=O)[C@@H](C)[C@H](C)C4C(C2)N(CC2CC2)CCC314.Cl. The van der Waals surface area contributed by atoms with Crippen molar-refractivity contribution in [1.29, 1.82) is 0 Å². The van der Waals surface area contributed by atoms with Gasteiger partial charge in [0.05, 0.1) is 7.11 Å². The van der Waals surface area contributed by atoms with Crippen LogP contribution >= 0.6 is 12.4 Å². The van der Waals surface area contributed by atoms with Crippen molar-refractivity contribution in [3.63, 3.8) is 0 Å². The average molecular weight is 404 g/mol. The third-order valence-corrected chi connectivity index (χ3v) is 8.57. The maximum atomic E-state index is 13.4. The molecule has 6 rings (SSSR count). The standard InChI is InChI=1S/C23H29NO3.ClH/c1-12-13(2)20(25)22-23-8-9-24(11-14-4-5-14)16(18(12)23)10-15-6-7-17(26-3)21(27-22)19(15)23;/h6-7,12-14,16,18,22H,4-5,8-11H2,1-3H3;1H/t12-,13-,16?,18?,22?,23?;/m0./s1. The number of methoxy groups -OCH3 is 1. The summed E-state index contributed by atoms with van der Waals surface area (Å²) in [4.78, 5) is 16.1. The van der Waals surface area contributed by atoms with Gasteiger partial charge in [-0.3, -0.25) is 9.69 Å². The molecule has 2 aliphatic heterocycles. The van der Waals surface area contributed by atoms with Gasteiger partial charge in [-0.1, -0.05) is 19.9 Å². The van der Waals surface area contributed by atoms with Crippen LogP contribution in [0.3, 0.4) is 0 Å². The van der Waals surface area contributed by atoms with Gasteiger partial charge in [-0.25, -0.2) is 0 Å². The molecular weight excluding hydrogens is 374 g/mol. The topological polar surface area (TPSA) is 38.8 Å². The van der Waals surface area contributed by atoms with Crippen molar-refractivity contribution in [3.05, 3.63) is 23.3 Å². The lowest BCUT2D eigenvalue weighted by Gasteiger charge is -2.61. The maximum absolute atomic E-state index is 13.4. The summed E-state index contributed by atoms with van der Waals surface area (Å²) in [6, 6.07) is 4.82. The van der Waals surface area contributed by atoms with Crippen LogP contribution in [-0.4, -0.2) is 43.0 Å². The van der Waals surface area contributed by atoms with Gasteiger partial charge in [0.1, 0.15) is 0 Å². The molecule has 4 unspecified atom stereocenters. The van der Waals surface area contributed by atoms with Crippen LogP contribution in [-0.2, 0) is 16.6 Å². The first-order valence-electron chi connectivity index (χ1n) is 10.7. The molecule has 3 fully saturated rings. The van der Waals surface area contributed by atoms with Gasteiger partial charge in [0.15, 0.2) is 23.4 Å². The average Bonchev–Trinajstić information content (AvgIpc) is 3.42. The zero-order valence-electron chi connectivity index (χ0n) is 16.9. The number of nitrogens with zero attached hydrogens (tertiary/aromatic N) is 1. The molecule has 0 N–H and O–H groups in total. The summed E-state index contributed by atoms with van der Waals surface area (Å²) >= 11 is 0. The molecule has 0 radical (unpaired) electrons. The van der Waals surface area contributed by atoms with Crippen molar-refractivity contribution in [2.45, 2.75) is 57.1 Å². The number of piperidine rings is 1. The van der Waals surface area contributed by atoms with Crippen LogP contribution in [0.5, 0.6) is 11.5 Å². The molecule has 1 aromatic rings. The summed E-state index contributed by atoms with van der Waals surface area (Å²) in [6.45, 7) is 6.79. The zero-order chi connectivity index (χ0) is 18.5. The molecule has 0 amide bonds. The van der Waals surface area contributed by atoms with E-state index in [1.54, 1.807) is 7.11 Å². The number of hydrogen-bond acceptors (Lipinski definition) is 4. The fourth-order valence-corrected chi connectivity index (χ4v) is 7.03. The number of hydrogen-bond donors (Lipinski definition) is 0. The molecule has 152 valence electrons. The highest BCUT2D eigenvalue weighted by molar-refractivity contribution is 5.91. The number of ether oxygens (including phenoxy) is 2. The summed E-state index contributed by atoms with van der Waals surface area (Å²) < 4.78 is 12.1. The summed E-state index contributed by atoms with van der Waals surface area (Å²) in [6.07, 6.45) is 4.61. The number of benzene rings is 1. The Morgan fingerprint density at radius 1 is 1.29 bits per heavy atom. The predicted molar refractivity (Wildman–Crippen MR) is 110 cm³/mol. The summed E-state index contributed by atoms with van der Waals surface area (Å²) in [5.41, 5.74) is 2.58. The lowest BCUT2D eigenvalue weighted by molar-refractivity contribution is -0.151. The summed E-state index contributed by atoms with van der Waals surface area (Å²) in [7, 11) is 1.70. The Morgan fingerprint density at radius 3 is 2.79 bits per heavy atom. The molecular formula is C23H30ClNO3. The first-order valence-corrected chi connectivity index (χ1v) is 10.7. The number of carbonyl (C=O) groups is 1. The monoisotopic (exact) mass is 403 g/mol. The Bertz CT molecular complexity index is 837. The number of rotatable bonds is 3. The highest BCUT2D eigenvalue weighted by Gasteiger charge is 2.69. The molecule has 1 aromatic carbocycles. The van der Waals surface area contributed by atoms with E-state index in [0.717, 1.165) is 36.8 Å². The van der Waals surface area contributed by atoms with Crippen LogP contribution in [0.1, 0.15) is 44.2 Å². The Kier molecular flexibility index (Phi) is 4.10. The van der Waals surface area contributed by atoms with E-state index < -0.39 is 0 Å². The van der Waals surface area contributed by atoms with Gasteiger partial charge in [-0.2, -0.15) is 0 Å². The largest absolute Gasteiger partial charge is 0.493 e. The van der Waals surface area contributed by atoms with Crippen molar-refractivity contribution in [3.8, 4) is 11.5 Å². The molecule has 1 spiro atoms. The first-order chi connectivity index (χ1) is 13.1. The molecule has 2 saturated carbocycles. The van der Waals surface area contributed by atoms with Crippen molar-refractivity contribution in [1.82, 2.24) is 4.90 Å². The zero-order valence-corrected chi connectivity index (χ0v) is 17.8. The van der Waals surface area contributed by atoms with E-state index in [4.69, 9.17) is 9.47 Å².